The maximum absolute atomic E-state index is 12.8. The van der Waals surface area contributed by atoms with E-state index in [1.807, 2.05) is 0 Å². The fraction of sp³-hybridized carbons (Fsp3) is 0.364. The maximum atomic E-state index is 12.8. The number of hydrogen-bond acceptors (Lipinski definition) is 3. The summed E-state index contributed by atoms with van der Waals surface area (Å²) in [6.07, 6.45) is 2.21. The number of pyridine rings is 1. The lowest BCUT2D eigenvalue weighted by atomic mass is 10.0. The molecule has 0 fully saturated rings. The van der Waals surface area contributed by atoms with Gasteiger partial charge in [0.05, 0.1) is 17.7 Å². The molecule has 0 saturated heterocycles. The summed E-state index contributed by atoms with van der Waals surface area (Å²) in [7, 11) is 0. The Morgan fingerprint density at radius 1 is 1.41 bits per heavy atom. The average molecular weight is 240 g/mol. The highest BCUT2D eigenvalue weighted by atomic mass is 19.1. The van der Waals surface area contributed by atoms with Crippen molar-refractivity contribution in [2.45, 2.75) is 19.9 Å². The molecule has 1 amide bonds. The van der Waals surface area contributed by atoms with Gasteiger partial charge in [0, 0.05) is 12.2 Å². The molecule has 1 rings (SSSR count). The Morgan fingerprint density at radius 2 is 2.06 bits per heavy atom. The van der Waals surface area contributed by atoms with Crippen LogP contribution in [0.3, 0.4) is 0 Å². The van der Waals surface area contributed by atoms with E-state index in [4.69, 9.17) is 5.11 Å². The molecule has 5 nitrogen and oxygen atoms in total. The van der Waals surface area contributed by atoms with Gasteiger partial charge in [-0.3, -0.25) is 14.6 Å². The molecule has 17 heavy (non-hydrogen) atoms. The van der Waals surface area contributed by atoms with Gasteiger partial charge in [0.1, 0.15) is 5.82 Å². The van der Waals surface area contributed by atoms with Crippen LogP contribution in [0.5, 0.6) is 0 Å². The summed E-state index contributed by atoms with van der Waals surface area (Å²) in [5.41, 5.74) is 0.0643. The van der Waals surface area contributed by atoms with Gasteiger partial charge in [0.15, 0.2) is 0 Å². The lowest BCUT2D eigenvalue weighted by molar-refractivity contribution is -0.141. The Labute approximate surface area is 97.7 Å². The Balaban J connectivity index is 2.70. The summed E-state index contributed by atoms with van der Waals surface area (Å²) in [5, 5.41) is 11.2. The number of carboxylic acid groups (broad SMARTS) is 1. The second-order valence-corrected chi connectivity index (χ2v) is 3.78. The molecule has 92 valence electrons. The highest BCUT2D eigenvalue weighted by Crippen LogP contribution is 2.05. The topological polar surface area (TPSA) is 79.3 Å². The molecule has 0 aliphatic rings. The van der Waals surface area contributed by atoms with Gasteiger partial charge < -0.3 is 10.4 Å². The van der Waals surface area contributed by atoms with Gasteiger partial charge in [0.2, 0.25) is 0 Å². The van der Waals surface area contributed by atoms with Crippen LogP contribution in [0, 0.1) is 11.7 Å². The van der Waals surface area contributed by atoms with E-state index in [0.29, 0.717) is 0 Å². The minimum Gasteiger partial charge on any atom is -0.481 e. The van der Waals surface area contributed by atoms with Crippen LogP contribution in [0.1, 0.15) is 24.2 Å². The van der Waals surface area contributed by atoms with Crippen LogP contribution in [0.4, 0.5) is 4.39 Å². The smallest absolute Gasteiger partial charge is 0.308 e. The molecule has 1 heterocycles. The predicted octanol–water partition coefficient (Wildman–Crippen LogP) is 1.06. The minimum absolute atomic E-state index is 0.0643. The first-order chi connectivity index (χ1) is 7.91. The predicted molar refractivity (Wildman–Crippen MR) is 57.9 cm³/mol. The van der Waals surface area contributed by atoms with Crippen molar-refractivity contribution in [1.29, 1.82) is 0 Å². The maximum Gasteiger partial charge on any atom is 0.308 e. The van der Waals surface area contributed by atoms with Gasteiger partial charge in [0.25, 0.3) is 5.91 Å². The molecule has 0 aliphatic carbocycles. The molecular weight excluding hydrogens is 227 g/mol. The summed E-state index contributed by atoms with van der Waals surface area (Å²) < 4.78 is 12.8. The summed E-state index contributed by atoms with van der Waals surface area (Å²) in [6, 6.07) is 0.490. The van der Waals surface area contributed by atoms with Crippen LogP contribution in [0.2, 0.25) is 0 Å². The Hall–Kier alpha value is -1.98. The Kier molecular flexibility index (Phi) is 4.14. The highest BCUT2D eigenvalue weighted by molar-refractivity contribution is 5.94. The van der Waals surface area contributed by atoms with E-state index in [-0.39, 0.29) is 5.56 Å². The van der Waals surface area contributed by atoms with Crippen molar-refractivity contribution in [2.24, 2.45) is 5.92 Å². The number of nitrogens with one attached hydrogen (secondary N) is 1. The van der Waals surface area contributed by atoms with Crippen LogP contribution < -0.4 is 5.32 Å². The second kappa shape index (κ2) is 5.38. The zero-order chi connectivity index (χ0) is 13.0. The van der Waals surface area contributed by atoms with Crippen molar-refractivity contribution in [3.8, 4) is 0 Å². The Morgan fingerprint density at radius 3 is 2.59 bits per heavy atom. The third-order valence-electron chi connectivity index (χ3n) is 2.47. The number of amides is 1. The molecule has 2 N–H and O–H groups in total. The van der Waals surface area contributed by atoms with Gasteiger partial charge in [-0.05, 0) is 19.9 Å². The van der Waals surface area contributed by atoms with E-state index in [1.165, 1.54) is 13.1 Å². The van der Waals surface area contributed by atoms with Crippen molar-refractivity contribution in [3.63, 3.8) is 0 Å². The zero-order valence-electron chi connectivity index (χ0n) is 9.48. The Bertz CT molecular complexity index is 436. The minimum atomic E-state index is -1.00. The molecule has 0 radical (unpaired) electrons. The quantitative estimate of drug-likeness (QED) is 0.824. The SMILES string of the molecule is CC(NC(=O)c1cncc(F)c1)C(C)C(=O)O. The molecule has 2 atom stereocenters. The average Bonchev–Trinajstić information content (AvgIpc) is 2.27. The van der Waals surface area contributed by atoms with Crippen LogP contribution in [0.15, 0.2) is 18.5 Å². The van der Waals surface area contributed by atoms with E-state index in [2.05, 4.69) is 10.3 Å². The second-order valence-electron chi connectivity index (χ2n) is 3.78. The van der Waals surface area contributed by atoms with E-state index in [1.54, 1.807) is 6.92 Å². The lowest BCUT2D eigenvalue weighted by Crippen LogP contribution is -2.40. The fourth-order valence-electron chi connectivity index (χ4n) is 1.17. The number of carbonyl (C=O) groups is 2. The van der Waals surface area contributed by atoms with Crippen LogP contribution in [0.25, 0.3) is 0 Å². The summed E-state index contributed by atoms with van der Waals surface area (Å²) in [5.74, 6) is -2.88. The molecule has 0 aromatic carbocycles. The van der Waals surface area contributed by atoms with Gasteiger partial charge in [-0.2, -0.15) is 0 Å². The summed E-state index contributed by atoms with van der Waals surface area (Å²) in [6.45, 7) is 3.06. The standard InChI is InChI=1S/C11H13FN2O3/c1-6(11(16)17)7(2)14-10(15)8-3-9(12)5-13-4-8/h3-7H,1-2H3,(H,14,15)(H,16,17). The first-order valence-electron chi connectivity index (χ1n) is 5.06. The number of aromatic nitrogens is 1. The molecule has 1 aromatic rings. The highest BCUT2D eigenvalue weighted by Gasteiger charge is 2.21. The lowest BCUT2D eigenvalue weighted by Gasteiger charge is -2.17. The molecule has 0 spiro atoms. The number of carbonyl (C=O) groups excluding carboxylic acids is 1. The fourth-order valence-corrected chi connectivity index (χ4v) is 1.17. The van der Waals surface area contributed by atoms with E-state index >= 15 is 0 Å². The first-order valence-corrected chi connectivity index (χ1v) is 5.06. The van der Waals surface area contributed by atoms with Crippen molar-refractivity contribution in [1.82, 2.24) is 10.3 Å². The summed E-state index contributed by atoms with van der Waals surface area (Å²) >= 11 is 0. The van der Waals surface area contributed by atoms with Crippen molar-refractivity contribution >= 4 is 11.9 Å². The number of nitrogens with zero attached hydrogens (tertiary/aromatic N) is 1. The molecular formula is C11H13FN2O3. The normalized spacial score (nSPS) is 13.8. The zero-order valence-corrected chi connectivity index (χ0v) is 9.48. The van der Waals surface area contributed by atoms with E-state index in [9.17, 15) is 14.0 Å². The third kappa shape index (κ3) is 3.51. The molecule has 0 aliphatic heterocycles. The van der Waals surface area contributed by atoms with Crippen molar-refractivity contribution in [3.05, 3.63) is 29.8 Å². The molecule has 0 saturated carbocycles. The number of halogens is 1. The molecule has 0 bridgehead atoms. The monoisotopic (exact) mass is 240 g/mol. The van der Waals surface area contributed by atoms with Gasteiger partial charge in [-0.15, -0.1) is 0 Å². The number of aliphatic carboxylic acids is 1. The summed E-state index contributed by atoms with van der Waals surface area (Å²) in [4.78, 5) is 25.9. The molecule has 6 heteroatoms. The first kappa shape index (κ1) is 13.1. The largest absolute Gasteiger partial charge is 0.481 e. The van der Waals surface area contributed by atoms with Crippen LogP contribution in [-0.4, -0.2) is 28.0 Å². The number of rotatable bonds is 4. The van der Waals surface area contributed by atoms with Crippen molar-refractivity contribution in [2.75, 3.05) is 0 Å². The van der Waals surface area contributed by atoms with Crippen LogP contribution >= 0.6 is 0 Å². The molecule has 2 unspecified atom stereocenters. The number of hydrogen-bond donors (Lipinski definition) is 2. The number of carboxylic acids is 1. The van der Waals surface area contributed by atoms with Gasteiger partial charge in [-0.25, -0.2) is 4.39 Å². The third-order valence-corrected chi connectivity index (χ3v) is 2.47. The van der Waals surface area contributed by atoms with E-state index in [0.717, 1.165) is 12.3 Å². The van der Waals surface area contributed by atoms with Crippen molar-refractivity contribution < 1.29 is 19.1 Å². The van der Waals surface area contributed by atoms with E-state index < -0.39 is 29.7 Å². The van der Waals surface area contributed by atoms with Gasteiger partial charge >= 0.3 is 5.97 Å². The van der Waals surface area contributed by atoms with Gasteiger partial charge in [-0.1, -0.05) is 0 Å². The molecule has 1 aromatic heterocycles. The van der Waals surface area contributed by atoms with Crippen LogP contribution in [-0.2, 0) is 4.79 Å².